The average molecular weight is 149 g/mol. The predicted octanol–water partition coefficient (Wildman–Crippen LogP) is 1.62. The maximum atomic E-state index is 4.14. The second-order valence-corrected chi connectivity index (χ2v) is 2.29. The van der Waals surface area contributed by atoms with Gasteiger partial charge in [0.1, 0.15) is 0 Å². The van der Waals surface area contributed by atoms with Gasteiger partial charge in [-0.3, -0.25) is 4.68 Å². The van der Waals surface area contributed by atoms with Crippen LogP contribution in [0.3, 0.4) is 0 Å². The Hall–Kier alpha value is -1.38. The molecule has 1 heterocycles. The number of aryl methyl sites for hydroxylation is 2. The van der Waals surface area contributed by atoms with Crippen LogP contribution in [0, 0.1) is 6.92 Å². The van der Waals surface area contributed by atoms with Gasteiger partial charge < -0.3 is 0 Å². The summed E-state index contributed by atoms with van der Waals surface area (Å²) < 4.78 is 1.73. The fraction of sp³-hybridized carbons (Fsp3) is 0.250. The second kappa shape index (κ2) is 3.14. The Balaban J connectivity index is 3.00. The molecule has 0 saturated carbocycles. The van der Waals surface area contributed by atoms with Crippen molar-refractivity contribution in [2.45, 2.75) is 6.92 Å². The largest absolute Gasteiger partial charge is 0.251 e. The van der Waals surface area contributed by atoms with Gasteiger partial charge in [0.25, 0.3) is 0 Å². The lowest BCUT2D eigenvalue weighted by atomic mass is 10.4. The third-order valence-electron chi connectivity index (χ3n) is 1.39. The number of hydrogen-bond donors (Lipinski definition) is 0. The molecule has 3 heteroatoms. The lowest BCUT2D eigenvalue weighted by Gasteiger charge is -1.93. The number of nitrogens with zero attached hydrogens (tertiary/aromatic N) is 3. The van der Waals surface area contributed by atoms with E-state index in [0.717, 1.165) is 11.4 Å². The number of aromatic nitrogens is 2. The van der Waals surface area contributed by atoms with Gasteiger partial charge in [-0.1, -0.05) is 12.7 Å². The summed E-state index contributed by atoms with van der Waals surface area (Å²) >= 11 is 0. The van der Waals surface area contributed by atoms with Crippen LogP contribution in [0.5, 0.6) is 0 Å². The Morgan fingerprint density at radius 2 is 2.45 bits per heavy atom. The fourth-order valence-electron chi connectivity index (χ4n) is 0.850. The lowest BCUT2D eigenvalue weighted by Crippen LogP contribution is -1.88. The summed E-state index contributed by atoms with van der Waals surface area (Å²) in [4.78, 5) is 4.14. The van der Waals surface area contributed by atoms with Crippen molar-refractivity contribution in [3.63, 3.8) is 0 Å². The standard InChI is InChI=1S/C8H11N3/c1-4-5-9-8-7(2)6-10-11(8)3/h4-6H,1H2,2-3H3. The van der Waals surface area contributed by atoms with Crippen LogP contribution in [0.2, 0.25) is 0 Å². The summed E-state index contributed by atoms with van der Waals surface area (Å²) in [7, 11) is 1.86. The van der Waals surface area contributed by atoms with Crippen molar-refractivity contribution >= 4 is 12.0 Å². The highest BCUT2D eigenvalue weighted by atomic mass is 15.3. The van der Waals surface area contributed by atoms with Crippen molar-refractivity contribution < 1.29 is 0 Å². The zero-order valence-corrected chi connectivity index (χ0v) is 6.78. The van der Waals surface area contributed by atoms with Gasteiger partial charge in [0.15, 0.2) is 5.82 Å². The molecular weight excluding hydrogens is 138 g/mol. The van der Waals surface area contributed by atoms with Crippen molar-refractivity contribution in [3.05, 3.63) is 24.4 Å². The molecule has 0 aromatic carbocycles. The average Bonchev–Trinajstić information content (AvgIpc) is 2.29. The summed E-state index contributed by atoms with van der Waals surface area (Å²) in [5.41, 5.74) is 1.07. The second-order valence-electron chi connectivity index (χ2n) is 2.29. The van der Waals surface area contributed by atoms with Crippen LogP contribution in [-0.4, -0.2) is 16.0 Å². The first-order chi connectivity index (χ1) is 5.25. The maximum absolute atomic E-state index is 4.14. The molecule has 0 N–H and O–H groups in total. The van der Waals surface area contributed by atoms with Gasteiger partial charge in [0, 0.05) is 18.8 Å². The van der Waals surface area contributed by atoms with Crippen LogP contribution in [0.4, 0.5) is 5.82 Å². The SMILES string of the molecule is C=CC=Nc1c(C)cnn1C. The summed E-state index contributed by atoms with van der Waals surface area (Å²) in [6.45, 7) is 5.52. The molecule has 0 spiro atoms. The molecule has 0 saturated heterocycles. The molecule has 1 rings (SSSR count). The molecule has 0 amide bonds. The first-order valence-corrected chi connectivity index (χ1v) is 3.39. The van der Waals surface area contributed by atoms with Gasteiger partial charge >= 0.3 is 0 Å². The number of rotatable bonds is 2. The number of aliphatic imine (C=N–C) groups is 1. The minimum Gasteiger partial charge on any atom is -0.251 e. The van der Waals surface area contributed by atoms with Crippen molar-refractivity contribution in [1.29, 1.82) is 0 Å². The quantitative estimate of drug-likeness (QED) is 0.587. The van der Waals surface area contributed by atoms with Gasteiger partial charge in [-0.25, -0.2) is 4.99 Å². The predicted molar refractivity (Wildman–Crippen MR) is 46.3 cm³/mol. The highest BCUT2D eigenvalue weighted by Gasteiger charge is 1.99. The molecular formula is C8H11N3. The lowest BCUT2D eigenvalue weighted by molar-refractivity contribution is 0.771. The van der Waals surface area contributed by atoms with E-state index < -0.39 is 0 Å². The Bertz CT molecular complexity index is 264. The van der Waals surface area contributed by atoms with Crippen LogP contribution >= 0.6 is 0 Å². The van der Waals surface area contributed by atoms with E-state index in [-0.39, 0.29) is 0 Å². The number of hydrogen-bond acceptors (Lipinski definition) is 2. The van der Waals surface area contributed by atoms with Crippen LogP contribution in [-0.2, 0) is 7.05 Å². The van der Waals surface area contributed by atoms with Crippen molar-refractivity contribution in [3.8, 4) is 0 Å². The van der Waals surface area contributed by atoms with E-state index in [4.69, 9.17) is 0 Å². The summed E-state index contributed by atoms with van der Waals surface area (Å²) in [5, 5.41) is 4.04. The first kappa shape index (κ1) is 7.72. The van der Waals surface area contributed by atoms with Gasteiger partial charge in [-0.15, -0.1) is 0 Å². The number of allylic oxidation sites excluding steroid dienone is 1. The molecule has 0 unspecified atom stereocenters. The minimum absolute atomic E-state index is 0.880. The van der Waals surface area contributed by atoms with E-state index in [1.807, 2.05) is 14.0 Å². The molecule has 3 nitrogen and oxygen atoms in total. The minimum atomic E-state index is 0.880. The van der Waals surface area contributed by atoms with Gasteiger partial charge in [0.2, 0.25) is 0 Å². The fourth-order valence-corrected chi connectivity index (χ4v) is 0.850. The van der Waals surface area contributed by atoms with Gasteiger partial charge in [0.05, 0.1) is 6.20 Å². The third-order valence-corrected chi connectivity index (χ3v) is 1.39. The van der Waals surface area contributed by atoms with E-state index >= 15 is 0 Å². The van der Waals surface area contributed by atoms with Crippen LogP contribution in [0.15, 0.2) is 23.8 Å². The van der Waals surface area contributed by atoms with Crippen molar-refractivity contribution in [2.24, 2.45) is 12.0 Å². The van der Waals surface area contributed by atoms with Crippen LogP contribution in [0.25, 0.3) is 0 Å². The normalized spacial score (nSPS) is 10.7. The van der Waals surface area contributed by atoms with Crippen LogP contribution in [0.1, 0.15) is 5.56 Å². The molecule has 11 heavy (non-hydrogen) atoms. The van der Waals surface area contributed by atoms with E-state index in [2.05, 4.69) is 16.7 Å². The van der Waals surface area contributed by atoms with Crippen molar-refractivity contribution in [1.82, 2.24) is 9.78 Å². The Kier molecular flexibility index (Phi) is 2.21. The Morgan fingerprint density at radius 3 is 2.91 bits per heavy atom. The molecule has 58 valence electrons. The molecule has 1 aromatic heterocycles. The summed E-state index contributed by atoms with van der Waals surface area (Å²) in [5.74, 6) is 0.880. The van der Waals surface area contributed by atoms with E-state index in [1.165, 1.54) is 0 Å². The van der Waals surface area contributed by atoms with Gasteiger partial charge in [-0.2, -0.15) is 5.10 Å². The maximum Gasteiger partial charge on any atom is 0.152 e. The molecule has 0 aliphatic heterocycles. The monoisotopic (exact) mass is 149 g/mol. The Morgan fingerprint density at radius 1 is 1.73 bits per heavy atom. The van der Waals surface area contributed by atoms with E-state index in [0.29, 0.717) is 0 Å². The molecule has 0 aliphatic carbocycles. The molecule has 0 fully saturated rings. The zero-order valence-electron chi connectivity index (χ0n) is 6.78. The van der Waals surface area contributed by atoms with Gasteiger partial charge in [-0.05, 0) is 6.92 Å². The topological polar surface area (TPSA) is 30.2 Å². The third kappa shape index (κ3) is 1.55. The first-order valence-electron chi connectivity index (χ1n) is 3.39. The van der Waals surface area contributed by atoms with Crippen LogP contribution < -0.4 is 0 Å². The summed E-state index contributed by atoms with van der Waals surface area (Å²) in [6.07, 6.45) is 5.09. The molecule has 0 aliphatic rings. The highest BCUT2D eigenvalue weighted by molar-refractivity contribution is 5.73. The van der Waals surface area contributed by atoms with E-state index in [9.17, 15) is 0 Å². The molecule has 0 radical (unpaired) electrons. The molecule has 0 atom stereocenters. The molecule has 1 aromatic rings. The summed E-state index contributed by atoms with van der Waals surface area (Å²) in [6, 6.07) is 0. The van der Waals surface area contributed by atoms with Crippen molar-refractivity contribution in [2.75, 3.05) is 0 Å². The highest BCUT2D eigenvalue weighted by Crippen LogP contribution is 2.14. The Labute approximate surface area is 66.1 Å². The molecule has 0 bridgehead atoms. The van der Waals surface area contributed by atoms with E-state index in [1.54, 1.807) is 23.2 Å². The smallest absolute Gasteiger partial charge is 0.152 e. The zero-order chi connectivity index (χ0) is 8.27.